The molecule has 0 aromatic carbocycles. The molecule has 0 radical (unpaired) electrons. The van der Waals surface area contributed by atoms with Crippen LogP contribution in [-0.2, 0) is 0 Å². The van der Waals surface area contributed by atoms with E-state index in [0.717, 1.165) is 25.7 Å². The van der Waals surface area contributed by atoms with Gasteiger partial charge in [0.25, 0.3) is 5.70 Å². The second kappa shape index (κ2) is 4.18. The largest absolute Gasteiger partial charge is 0.493 e. The van der Waals surface area contributed by atoms with E-state index in [0.29, 0.717) is 11.3 Å². The zero-order chi connectivity index (χ0) is 13.6. The third-order valence-electron chi connectivity index (χ3n) is 4.13. The van der Waals surface area contributed by atoms with Crippen LogP contribution in [0.25, 0.3) is 6.08 Å². The van der Waals surface area contributed by atoms with E-state index < -0.39 is 0 Å². The van der Waals surface area contributed by atoms with Crippen LogP contribution < -0.4 is 0 Å². The summed E-state index contributed by atoms with van der Waals surface area (Å²) >= 11 is 0. The van der Waals surface area contributed by atoms with Gasteiger partial charge in [-0.1, -0.05) is 12.8 Å². The molecule has 1 saturated carbocycles. The van der Waals surface area contributed by atoms with Gasteiger partial charge in [-0.2, -0.15) is 0 Å². The highest BCUT2D eigenvalue weighted by Gasteiger charge is 2.42. The fourth-order valence-corrected chi connectivity index (χ4v) is 3.31. The Kier molecular flexibility index (Phi) is 2.62. The van der Waals surface area contributed by atoms with Gasteiger partial charge >= 0.3 is 0 Å². The average Bonchev–Trinajstić information content (AvgIpc) is 2.73. The van der Waals surface area contributed by atoms with Crippen LogP contribution >= 0.6 is 0 Å². The molecule has 0 amide bonds. The van der Waals surface area contributed by atoms with Gasteiger partial charge in [-0.15, -0.1) is 4.91 Å². The molecule has 1 aromatic rings. The van der Waals surface area contributed by atoms with Gasteiger partial charge in [0, 0.05) is 23.3 Å². The Bertz CT molecular complexity index is 590. The number of hydrogen-bond donors (Lipinski definition) is 2. The number of allylic oxidation sites excluding steroid dienone is 1. The lowest BCUT2D eigenvalue weighted by molar-refractivity contribution is -0.433. The van der Waals surface area contributed by atoms with Crippen molar-refractivity contribution in [1.82, 2.24) is 4.98 Å². The molecule has 1 fully saturated rings. The minimum absolute atomic E-state index is 0.0319. The lowest BCUT2D eigenvalue weighted by atomic mass is 9.72. The second-order valence-corrected chi connectivity index (χ2v) is 5.06. The van der Waals surface area contributed by atoms with Gasteiger partial charge in [0.15, 0.2) is 5.69 Å². The third kappa shape index (κ3) is 1.65. The summed E-state index contributed by atoms with van der Waals surface area (Å²) in [6, 6.07) is 0. The first kappa shape index (κ1) is 11.9. The van der Waals surface area contributed by atoms with E-state index in [2.05, 4.69) is 10.2 Å². The zero-order valence-corrected chi connectivity index (χ0v) is 10.1. The minimum Gasteiger partial charge on any atom is -0.493 e. The van der Waals surface area contributed by atoms with Crippen molar-refractivity contribution >= 4 is 11.8 Å². The van der Waals surface area contributed by atoms with Crippen LogP contribution in [0.15, 0.2) is 10.9 Å². The summed E-state index contributed by atoms with van der Waals surface area (Å²) in [6.07, 6.45) is 4.93. The van der Waals surface area contributed by atoms with Crippen LogP contribution in [0.2, 0.25) is 0 Å². The first-order valence-electron chi connectivity index (χ1n) is 6.27. The fourth-order valence-electron chi connectivity index (χ4n) is 3.31. The topological polar surface area (TPSA) is 109 Å². The summed E-state index contributed by atoms with van der Waals surface area (Å²) in [5.41, 5.74) is 1.09. The molecule has 0 bridgehead atoms. The molecule has 2 aliphatic rings. The van der Waals surface area contributed by atoms with Crippen LogP contribution in [-0.4, -0.2) is 15.0 Å². The number of nitrogens with zero attached hydrogens (tertiary/aromatic N) is 2. The Labute approximate surface area is 108 Å². The Morgan fingerprint density at radius 1 is 1.37 bits per heavy atom. The van der Waals surface area contributed by atoms with Crippen molar-refractivity contribution < 1.29 is 10.0 Å². The van der Waals surface area contributed by atoms with Crippen molar-refractivity contribution in [3.8, 4) is 5.88 Å². The van der Waals surface area contributed by atoms with Crippen molar-refractivity contribution in [3.05, 3.63) is 32.0 Å². The lowest BCUT2D eigenvalue weighted by Gasteiger charge is -2.31. The quantitative estimate of drug-likeness (QED) is 0.485. The number of nitroso groups, excluding NO2 is 1. The minimum atomic E-state index is -0.384. The predicted octanol–water partition coefficient (Wildman–Crippen LogP) is 3.02. The molecular formula is C12H13N3O4. The molecule has 1 heterocycles. The molecule has 19 heavy (non-hydrogen) atoms. The Morgan fingerprint density at radius 2 is 2.05 bits per heavy atom. The molecule has 100 valence electrons. The van der Waals surface area contributed by atoms with E-state index in [-0.39, 0.29) is 34.0 Å². The average molecular weight is 263 g/mol. The zero-order valence-electron chi connectivity index (χ0n) is 10.1. The molecule has 0 aliphatic heterocycles. The molecule has 7 nitrogen and oxygen atoms in total. The molecule has 2 aliphatic carbocycles. The van der Waals surface area contributed by atoms with Gasteiger partial charge in [-0.3, -0.25) is 10.1 Å². The molecule has 3 rings (SSSR count). The molecular weight excluding hydrogens is 250 g/mol. The van der Waals surface area contributed by atoms with Crippen LogP contribution in [0.3, 0.4) is 0 Å². The number of rotatable bonds is 2. The van der Waals surface area contributed by atoms with Crippen LogP contribution in [0, 0.1) is 20.9 Å². The molecule has 0 saturated heterocycles. The lowest BCUT2D eigenvalue weighted by Crippen LogP contribution is -2.26. The number of hydrogen-bond acceptors (Lipinski definition) is 5. The smallest absolute Gasteiger partial charge is 0.250 e. The van der Waals surface area contributed by atoms with Crippen LogP contribution in [0.5, 0.6) is 5.88 Å². The SMILES string of the molecule is O=Nc1c(O)[nH]c2c1C=C([N+](=O)[O-])C1CCCCC21. The van der Waals surface area contributed by atoms with Gasteiger partial charge in [-0.25, -0.2) is 0 Å². The second-order valence-electron chi connectivity index (χ2n) is 5.06. The monoisotopic (exact) mass is 263 g/mol. The number of nitrogens with one attached hydrogen (secondary N) is 1. The van der Waals surface area contributed by atoms with E-state index in [9.17, 15) is 20.1 Å². The van der Waals surface area contributed by atoms with Crippen molar-refractivity contribution in [3.63, 3.8) is 0 Å². The number of fused-ring (bicyclic) bond motifs is 3. The van der Waals surface area contributed by atoms with Crippen LogP contribution in [0.4, 0.5) is 5.69 Å². The highest BCUT2D eigenvalue weighted by molar-refractivity contribution is 5.74. The summed E-state index contributed by atoms with van der Waals surface area (Å²) in [5.74, 6) is -0.477. The molecule has 2 atom stereocenters. The standard InChI is InChI=1S/C12H13N3O4/c16-12-11(14-17)8-5-9(15(18)19)6-3-1-2-4-7(6)10(8)13-12/h5-7,13,16H,1-4H2. The van der Waals surface area contributed by atoms with Gasteiger partial charge in [0.2, 0.25) is 5.88 Å². The molecule has 2 unspecified atom stereocenters. The maximum Gasteiger partial charge on any atom is 0.250 e. The number of aromatic amines is 1. The van der Waals surface area contributed by atoms with E-state index in [1.54, 1.807) is 0 Å². The van der Waals surface area contributed by atoms with Gasteiger partial charge in [-0.05, 0) is 18.0 Å². The number of aromatic hydroxyl groups is 1. The van der Waals surface area contributed by atoms with Crippen LogP contribution in [0.1, 0.15) is 42.9 Å². The van der Waals surface area contributed by atoms with Crippen molar-refractivity contribution in [2.24, 2.45) is 11.1 Å². The predicted molar refractivity (Wildman–Crippen MR) is 67.6 cm³/mol. The number of H-pyrrole nitrogens is 1. The summed E-state index contributed by atoms with van der Waals surface area (Å²) in [7, 11) is 0. The molecule has 2 N–H and O–H groups in total. The maximum atomic E-state index is 11.2. The van der Waals surface area contributed by atoms with E-state index in [4.69, 9.17) is 0 Å². The van der Waals surface area contributed by atoms with E-state index in [1.165, 1.54) is 6.08 Å². The van der Waals surface area contributed by atoms with Crippen molar-refractivity contribution in [2.45, 2.75) is 31.6 Å². The fraction of sp³-hybridized carbons (Fsp3) is 0.500. The summed E-state index contributed by atoms with van der Waals surface area (Å²) in [4.78, 5) is 24.3. The van der Waals surface area contributed by atoms with Gasteiger partial charge in [0.05, 0.1) is 10.8 Å². The highest BCUT2D eigenvalue weighted by atomic mass is 16.6. The summed E-state index contributed by atoms with van der Waals surface area (Å²) in [6.45, 7) is 0. The maximum absolute atomic E-state index is 11.2. The Morgan fingerprint density at radius 3 is 2.68 bits per heavy atom. The number of nitro groups is 1. The first-order chi connectivity index (χ1) is 9.13. The first-order valence-corrected chi connectivity index (χ1v) is 6.27. The Balaban J connectivity index is 2.20. The van der Waals surface area contributed by atoms with Gasteiger partial charge in [0.1, 0.15) is 0 Å². The van der Waals surface area contributed by atoms with Crippen molar-refractivity contribution in [2.75, 3.05) is 0 Å². The summed E-state index contributed by atoms with van der Waals surface area (Å²) in [5, 5.41) is 23.6. The Hall–Kier alpha value is -2.18. The molecule has 1 aromatic heterocycles. The van der Waals surface area contributed by atoms with E-state index in [1.807, 2.05) is 0 Å². The highest BCUT2D eigenvalue weighted by Crippen LogP contribution is 2.50. The van der Waals surface area contributed by atoms with E-state index >= 15 is 0 Å². The molecule has 7 heteroatoms. The number of aromatic nitrogens is 1. The molecule has 0 spiro atoms. The van der Waals surface area contributed by atoms with Crippen molar-refractivity contribution in [1.29, 1.82) is 0 Å². The third-order valence-corrected chi connectivity index (χ3v) is 4.13. The summed E-state index contributed by atoms with van der Waals surface area (Å²) < 4.78 is 0. The normalized spacial score (nSPS) is 25.2. The van der Waals surface area contributed by atoms with Gasteiger partial charge < -0.3 is 10.1 Å².